The van der Waals surface area contributed by atoms with Crippen molar-refractivity contribution in [2.75, 3.05) is 51.8 Å². The van der Waals surface area contributed by atoms with E-state index in [2.05, 4.69) is 48.2 Å². The number of hydrogen-bond acceptors (Lipinski definition) is 4. The molecule has 0 unspecified atom stereocenters. The molecule has 2 saturated heterocycles. The number of amides is 1. The molecule has 0 aliphatic carbocycles. The van der Waals surface area contributed by atoms with Crippen molar-refractivity contribution in [3.8, 4) is 0 Å². The first-order chi connectivity index (χ1) is 11.1. The van der Waals surface area contributed by atoms with Crippen LogP contribution in [0.5, 0.6) is 0 Å². The highest BCUT2D eigenvalue weighted by Gasteiger charge is 2.27. The lowest BCUT2D eigenvalue weighted by atomic mass is 10.0. The molecule has 2 aliphatic heterocycles. The van der Waals surface area contributed by atoms with Crippen molar-refractivity contribution < 1.29 is 9.53 Å². The minimum atomic E-state index is -0.151. The lowest BCUT2D eigenvalue weighted by molar-refractivity contribution is 0.156. The third kappa shape index (κ3) is 3.78. The van der Waals surface area contributed by atoms with E-state index < -0.39 is 0 Å². The summed E-state index contributed by atoms with van der Waals surface area (Å²) in [5, 5.41) is 0. The number of likely N-dealkylation sites (tertiary alicyclic amines) is 1. The summed E-state index contributed by atoms with van der Waals surface area (Å²) >= 11 is 0. The van der Waals surface area contributed by atoms with E-state index in [0.29, 0.717) is 12.6 Å². The molecule has 1 amide bonds. The zero-order valence-corrected chi connectivity index (χ0v) is 14.2. The number of cyclic esters (lactones) is 1. The summed E-state index contributed by atoms with van der Waals surface area (Å²) in [5.41, 5.74) is 2.67. The first kappa shape index (κ1) is 16.1. The Morgan fingerprint density at radius 3 is 2.87 bits per heavy atom. The van der Waals surface area contributed by atoms with Crippen molar-refractivity contribution in [1.29, 1.82) is 0 Å². The number of nitrogens with zero attached hydrogens (tertiary/aromatic N) is 3. The molecule has 0 aromatic heterocycles. The van der Waals surface area contributed by atoms with Crippen LogP contribution in [-0.2, 0) is 4.74 Å². The predicted molar refractivity (Wildman–Crippen MR) is 91.9 cm³/mol. The van der Waals surface area contributed by atoms with Crippen LogP contribution in [0.2, 0.25) is 0 Å². The Kier molecular flexibility index (Phi) is 5.06. The van der Waals surface area contributed by atoms with Gasteiger partial charge in [-0.25, -0.2) is 4.79 Å². The largest absolute Gasteiger partial charge is 0.448 e. The molecule has 0 radical (unpaired) electrons. The molecule has 0 N–H and O–H groups in total. The van der Waals surface area contributed by atoms with Gasteiger partial charge in [0, 0.05) is 38.9 Å². The first-order valence-corrected chi connectivity index (χ1v) is 8.58. The minimum Gasteiger partial charge on any atom is -0.448 e. The molecule has 23 heavy (non-hydrogen) atoms. The van der Waals surface area contributed by atoms with Crippen LogP contribution in [0.15, 0.2) is 24.3 Å². The monoisotopic (exact) mass is 317 g/mol. The van der Waals surface area contributed by atoms with Crippen LogP contribution >= 0.6 is 0 Å². The smallest absolute Gasteiger partial charge is 0.409 e. The average Bonchev–Trinajstić information content (AvgIpc) is 3.17. The topological polar surface area (TPSA) is 36.0 Å². The van der Waals surface area contributed by atoms with Gasteiger partial charge in [0.05, 0.1) is 6.54 Å². The molecule has 2 fully saturated rings. The Morgan fingerprint density at radius 1 is 1.26 bits per heavy atom. The highest BCUT2D eigenvalue weighted by atomic mass is 16.6. The third-order valence-electron chi connectivity index (χ3n) is 4.85. The number of carbonyl (C=O) groups excluding carboxylic acids is 1. The van der Waals surface area contributed by atoms with Crippen LogP contribution in [0.1, 0.15) is 30.9 Å². The van der Waals surface area contributed by atoms with Crippen molar-refractivity contribution in [3.05, 3.63) is 29.8 Å². The van der Waals surface area contributed by atoms with E-state index in [1.54, 1.807) is 0 Å². The molecule has 1 aromatic rings. The van der Waals surface area contributed by atoms with E-state index in [1.807, 2.05) is 4.90 Å². The highest BCUT2D eigenvalue weighted by Crippen LogP contribution is 2.33. The molecular formula is C18H27N3O2. The Labute approximate surface area is 138 Å². The Morgan fingerprint density at radius 2 is 2.13 bits per heavy atom. The van der Waals surface area contributed by atoms with E-state index >= 15 is 0 Å². The van der Waals surface area contributed by atoms with E-state index in [4.69, 9.17) is 4.74 Å². The number of hydrogen-bond donors (Lipinski definition) is 0. The van der Waals surface area contributed by atoms with Crippen molar-refractivity contribution in [2.24, 2.45) is 0 Å². The lowest BCUT2D eigenvalue weighted by Gasteiger charge is -2.26. The number of benzene rings is 1. The standard InChI is InChI=1S/C18H27N3O2/c1-19(2)16-7-3-6-15(14-16)17-8-4-9-20(17)10-5-11-21-12-13-23-18(21)22/h3,6-7,14,17H,4-5,8-13H2,1-2H3/t17-/m1/s1. The first-order valence-electron chi connectivity index (χ1n) is 8.58. The van der Waals surface area contributed by atoms with E-state index in [0.717, 1.165) is 32.6 Å². The fraction of sp³-hybridized carbons (Fsp3) is 0.611. The summed E-state index contributed by atoms with van der Waals surface area (Å²) in [7, 11) is 4.17. The molecule has 5 nitrogen and oxygen atoms in total. The number of rotatable bonds is 6. The molecule has 126 valence electrons. The second kappa shape index (κ2) is 7.21. The Balaban J connectivity index is 1.57. The average molecular weight is 317 g/mol. The quantitative estimate of drug-likeness (QED) is 0.808. The molecule has 5 heteroatoms. The van der Waals surface area contributed by atoms with Gasteiger partial charge in [-0.1, -0.05) is 12.1 Å². The number of carbonyl (C=O) groups is 1. The summed E-state index contributed by atoms with van der Waals surface area (Å²) in [6.45, 7) is 4.29. The van der Waals surface area contributed by atoms with Crippen LogP contribution in [0.25, 0.3) is 0 Å². The Hall–Kier alpha value is -1.75. The van der Waals surface area contributed by atoms with Gasteiger partial charge in [0.25, 0.3) is 0 Å². The van der Waals surface area contributed by atoms with Gasteiger partial charge >= 0.3 is 6.09 Å². The maximum absolute atomic E-state index is 11.5. The van der Waals surface area contributed by atoms with Crippen LogP contribution in [0, 0.1) is 0 Å². The van der Waals surface area contributed by atoms with Gasteiger partial charge < -0.3 is 14.5 Å². The lowest BCUT2D eigenvalue weighted by Crippen LogP contribution is -2.30. The second-order valence-electron chi connectivity index (χ2n) is 6.64. The van der Waals surface area contributed by atoms with Crippen LogP contribution in [-0.4, -0.2) is 62.8 Å². The highest BCUT2D eigenvalue weighted by molar-refractivity contribution is 5.69. The van der Waals surface area contributed by atoms with Gasteiger partial charge in [-0.15, -0.1) is 0 Å². The van der Waals surface area contributed by atoms with Gasteiger partial charge in [-0.05, 0) is 43.5 Å². The molecule has 0 bridgehead atoms. The number of ether oxygens (including phenoxy) is 1. The SMILES string of the molecule is CN(C)c1cccc([C@H]2CCCN2CCCN2CCOC2=O)c1. The van der Waals surface area contributed by atoms with Crippen molar-refractivity contribution in [1.82, 2.24) is 9.80 Å². The van der Waals surface area contributed by atoms with Gasteiger partial charge in [-0.2, -0.15) is 0 Å². The van der Waals surface area contributed by atoms with Gasteiger partial charge in [0.1, 0.15) is 6.61 Å². The molecule has 0 saturated carbocycles. The molecule has 2 aliphatic rings. The van der Waals surface area contributed by atoms with Crippen LogP contribution < -0.4 is 4.90 Å². The van der Waals surface area contributed by atoms with E-state index in [1.165, 1.54) is 24.1 Å². The summed E-state index contributed by atoms with van der Waals surface area (Å²) in [6, 6.07) is 9.37. The third-order valence-corrected chi connectivity index (χ3v) is 4.85. The molecule has 1 atom stereocenters. The minimum absolute atomic E-state index is 0.151. The molecule has 3 rings (SSSR count). The van der Waals surface area contributed by atoms with Gasteiger partial charge in [0.2, 0.25) is 0 Å². The van der Waals surface area contributed by atoms with Crippen molar-refractivity contribution in [2.45, 2.75) is 25.3 Å². The molecular weight excluding hydrogens is 290 g/mol. The summed E-state index contributed by atoms with van der Waals surface area (Å²) < 4.78 is 4.98. The van der Waals surface area contributed by atoms with E-state index in [9.17, 15) is 4.79 Å². The Bertz CT molecular complexity index is 547. The summed E-state index contributed by atoms with van der Waals surface area (Å²) in [5.74, 6) is 0. The van der Waals surface area contributed by atoms with Gasteiger partial charge in [-0.3, -0.25) is 4.90 Å². The maximum atomic E-state index is 11.5. The fourth-order valence-electron chi connectivity index (χ4n) is 3.57. The van der Waals surface area contributed by atoms with Crippen LogP contribution in [0.3, 0.4) is 0 Å². The van der Waals surface area contributed by atoms with Gasteiger partial charge in [0.15, 0.2) is 0 Å². The molecule has 2 heterocycles. The zero-order chi connectivity index (χ0) is 16.2. The summed E-state index contributed by atoms with van der Waals surface area (Å²) in [6.07, 6.45) is 3.34. The van der Waals surface area contributed by atoms with Crippen LogP contribution in [0.4, 0.5) is 10.5 Å². The normalized spacial score (nSPS) is 21.7. The fourth-order valence-corrected chi connectivity index (χ4v) is 3.57. The summed E-state index contributed by atoms with van der Waals surface area (Å²) in [4.78, 5) is 18.0. The zero-order valence-electron chi connectivity index (χ0n) is 14.2. The molecule has 0 spiro atoms. The number of anilines is 1. The molecule has 1 aromatic carbocycles. The van der Waals surface area contributed by atoms with Crippen molar-refractivity contribution >= 4 is 11.8 Å². The predicted octanol–water partition coefficient (Wildman–Crippen LogP) is 2.73. The maximum Gasteiger partial charge on any atom is 0.409 e. The van der Waals surface area contributed by atoms with Crippen molar-refractivity contribution in [3.63, 3.8) is 0 Å². The van der Waals surface area contributed by atoms with E-state index in [-0.39, 0.29) is 6.09 Å². The second-order valence-corrected chi connectivity index (χ2v) is 6.64.